The van der Waals surface area contributed by atoms with E-state index in [0.29, 0.717) is 0 Å². The fraction of sp³-hybridized carbons (Fsp3) is 1.00. The summed E-state index contributed by atoms with van der Waals surface area (Å²) in [5.74, 6) is 2.03. The monoisotopic (exact) mass is 212 g/mol. The maximum absolute atomic E-state index is 2.28. The van der Waals surface area contributed by atoms with Crippen LogP contribution in [-0.4, -0.2) is 8.41 Å². The molecule has 0 N–H and O–H groups in total. The van der Waals surface area contributed by atoms with Crippen LogP contribution in [0.1, 0.15) is 80.1 Å². The third-order valence-electron chi connectivity index (χ3n) is 2.79. The van der Waals surface area contributed by atoms with Crippen LogP contribution in [0, 0.1) is 11.8 Å². The van der Waals surface area contributed by atoms with Gasteiger partial charge in [0.25, 0.3) is 0 Å². The van der Waals surface area contributed by atoms with Gasteiger partial charge in [-0.3, -0.25) is 0 Å². The molecule has 0 atom stereocenters. The first-order valence-corrected chi connectivity index (χ1v) is 6.20. The number of rotatable bonds is 4. The lowest BCUT2D eigenvalue weighted by Gasteiger charge is -2.24. The SMILES string of the molecule is C.CCCC(C)C.CCCC1CCC1.[BH]. The molecule has 0 aromatic rings. The van der Waals surface area contributed by atoms with Crippen molar-refractivity contribution in [1.82, 2.24) is 0 Å². The Labute approximate surface area is 101 Å². The predicted octanol–water partition coefficient (Wildman–Crippen LogP) is 5.02. The van der Waals surface area contributed by atoms with Crippen LogP contribution in [0.25, 0.3) is 0 Å². The molecular weight excluding hydrogens is 179 g/mol. The second kappa shape index (κ2) is 14.1. The molecule has 0 bridgehead atoms. The summed E-state index contributed by atoms with van der Waals surface area (Å²) in [6, 6.07) is 0. The smallest absolute Gasteiger partial charge is 0.0379 e. The van der Waals surface area contributed by atoms with Crippen molar-refractivity contribution in [3.05, 3.63) is 0 Å². The van der Waals surface area contributed by atoms with Gasteiger partial charge in [0.1, 0.15) is 0 Å². The molecule has 0 unspecified atom stereocenters. The standard InChI is InChI=1S/C7H14.C6H14.CH4.BH/c1-2-4-7-5-3-6-7;1-4-5-6(2)3;;/h7H,2-6H2,1H3;6H,4-5H2,1-3H3;1H4;1H. The van der Waals surface area contributed by atoms with Crippen LogP contribution in [0.2, 0.25) is 0 Å². The zero-order chi connectivity index (χ0) is 10.1. The summed E-state index contributed by atoms with van der Waals surface area (Å²) in [6.07, 6.45) is 10.1. The van der Waals surface area contributed by atoms with Gasteiger partial charge in [-0.05, 0) is 11.8 Å². The lowest BCUT2D eigenvalue weighted by molar-refractivity contribution is 0.294. The summed E-state index contributed by atoms with van der Waals surface area (Å²) in [5, 5.41) is 0. The van der Waals surface area contributed by atoms with E-state index in [1.807, 2.05) is 0 Å². The molecule has 1 aliphatic rings. The van der Waals surface area contributed by atoms with Crippen LogP contribution >= 0.6 is 0 Å². The Morgan fingerprint density at radius 3 is 1.67 bits per heavy atom. The van der Waals surface area contributed by atoms with Crippen LogP contribution < -0.4 is 0 Å². The van der Waals surface area contributed by atoms with E-state index in [1.165, 1.54) is 44.9 Å². The van der Waals surface area contributed by atoms with Crippen molar-refractivity contribution in [2.75, 3.05) is 0 Å². The van der Waals surface area contributed by atoms with Gasteiger partial charge in [-0.1, -0.05) is 80.1 Å². The van der Waals surface area contributed by atoms with Gasteiger partial charge in [-0.2, -0.15) is 0 Å². The van der Waals surface area contributed by atoms with Crippen molar-refractivity contribution >= 4 is 8.41 Å². The van der Waals surface area contributed by atoms with Gasteiger partial charge in [0.2, 0.25) is 0 Å². The summed E-state index contributed by atoms with van der Waals surface area (Å²) < 4.78 is 0. The van der Waals surface area contributed by atoms with E-state index < -0.39 is 0 Å². The molecule has 0 heterocycles. The summed E-state index contributed by atoms with van der Waals surface area (Å²) >= 11 is 0. The van der Waals surface area contributed by atoms with E-state index in [-0.39, 0.29) is 15.8 Å². The van der Waals surface area contributed by atoms with Crippen LogP contribution in [0.15, 0.2) is 0 Å². The average Bonchev–Trinajstić information content (AvgIpc) is 1.98. The van der Waals surface area contributed by atoms with Gasteiger partial charge in [0.15, 0.2) is 0 Å². The van der Waals surface area contributed by atoms with Crippen LogP contribution in [0.5, 0.6) is 0 Å². The molecule has 0 aromatic carbocycles. The molecule has 1 heteroatoms. The molecule has 1 saturated carbocycles. The minimum Gasteiger partial charge on any atom is -0.0776 e. The molecule has 2 radical (unpaired) electrons. The molecule has 15 heavy (non-hydrogen) atoms. The van der Waals surface area contributed by atoms with Gasteiger partial charge in [-0.25, -0.2) is 0 Å². The van der Waals surface area contributed by atoms with Crippen molar-refractivity contribution in [3.63, 3.8) is 0 Å². The van der Waals surface area contributed by atoms with Gasteiger partial charge in [0, 0.05) is 8.41 Å². The fourth-order valence-corrected chi connectivity index (χ4v) is 1.77. The Morgan fingerprint density at radius 2 is 1.60 bits per heavy atom. The maximum atomic E-state index is 2.28. The molecule has 0 saturated heterocycles. The zero-order valence-electron chi connectivity index (χ0n) is 10.8. The highest BCUT2D eigenvalue weighted by Gasteiger charge is 2.14. The van der Waals surface area contributed by atoms with Crippen molar-refractivity contribution in [3.8, 4) is 0 Å². The molecule has 1 fully saturated rings. The second-order valence-electron chi connectivity index (χ2n) is 4.77. The van der Waals surface area contributed by atoms with E-state index in [2.05, 4.69) is 27.7 Å². The van der Waals surface area contributed by atoms with E-state index in [0.717, 1.165) is 11.8 Å². The highest BCUT2D eigenvalue weighted by molar-refractivity contribution is 5.75. The van der Waals surface area contributed by atoms with Crippen LogP contribution in [0.4, 0.5) is 0 Å². The minimum atomic E-state index is 0. The molecular formula is C14H33B. The van der Waals surface area contributed by atoms with Gasteiger partial charge in [-0.15, -0.1) is 0 Å². The van der Waals surface area contributed by atoms with Gasteiger partial charge >= 0.3 is 0 Å². The number of hydrogen-bond acceptors (Lipinski definition) is 0. The second-order valence-corrected chi connectivity index (χ2v) is 4.77. The number of hydrogen-bond donors (Lipinski definition) is 0. The summed E-state index contributed by atoms with van der Waals surface area (Å²) in [7, 11) is 0. The van der Waals surface area contributed by atoms with Gasteiger partial charge < -0.3 is 0 Å². The lowest BCUT2D eigenvalue weighted by atomic mass is 9.82. The summed E-state index contributed by atoms with van der Waals surface area (Å²) in [5.41, 5.74) is 0. The molecule has 0 spiro atoms. The molecule has 1 rings (SSSR count). The Hall–Kier alpha value is 0.0649. The lowest BCUT2D eigenvalue weighted by Crippen LogP contribution is -2.09. The van der Waals surface area contributed by atoms with Crippen LogP contribution in [0.3, 0.4) is 0 Å². The Morgan fingerprint density at radius 1 is 1.07 bits per heavy atom. The highest BCUT2D eigenvalue weighted by atomic mass is 14.2. The highest BCUT2D eigenvalue weighted by Crippen LogP contribution is 2.29. The molecule has 0 amide bonds. The molecule has 1 aliphatic carbocycles. The quantitative estimate of drug-likeness (QED) is 0.574. The first-order valence-electron chi connectivity index (χ1n) is 6.20. The third-order valence-corrected chi connectivity index (χ3v) is 2.79. The summed E-state index contributed by atoms with van der Waals surface area (Å²) in [6.45, 7) is 9.01. The Kier molecular flexibility index (Phi) is 19.2. The van der Waals surface area contributed by atoms with Crippen molar-refractivity contribution < 1.29 is 0 Å². The fourth-order valence-electron chi connectivity index (χ4n) is 1.77. The van der Waals surface area contributed by atoms with E-state index in [9.17, 15) is 0 Å². The molecule has 0 nitrogen and oxygen atoms in total. The normalized spacial score (nSPS) is 14.2. The van der Waals surface area contributed by atoms with Crippen LogP contribution in [-0.2, 0) is 0 Å². The molecule has 0 aromatic heterocycles. The van der Waals surface area contributed by atoms with Crippen molar-refractivity contribution in [2.24, 2.45) is 11.8 Å². The summed E-state index contributed by atoms with van der Waals surface area (Å²) in [4.78, 5) is 0. The zero-order valence-corrected chi connectivity index (χ0v) is 10.8. The first-order chi connectivity index (χ1) is 6.20. The van der Waals surface area contributed by atoms with Gasteiger partial charge in [0.05, 0.1) is 0 Å². The third kappa shape index (κ3) is 14.1. The molecule has 0 aliphatic heterocycles. The Balaban J connectivity index is -0.000000172. The topological polar surface area (TPSA) is 0 Å². The maximum Gasteiger partial charge on any atom is 0.0379 e. The predicted molar refractivity (Wildman–Crippen MR) is 75.9 cm³/mol. The minimum absolute atomic E-state index is 0. The van der Waals surface area contributed by atoms with E-state index in [4.69, 9.17) is 0 Å². The van der Waals surface area contributed by atoms with E-state index in [1.54, 1.807) is 0 Å². The average molecular weight is 212 g/mol. The van der Waals surface area contributed by atoms with Crippen molar-refractivity contribution in [1.29, 1.82) is 0 Å². The largest absolute Gasteiger partial charge is 0.0776 e. The Bertz CT molecular complexity index is 95.5. The van der Waals surface area contributed by atoms with E-state index >= 15 is 0 Å². The molecule has 92 valence electrons. The van der Waals surface area contributed by atoms with Crippen molar-refractivity contribution in [2.45, 2.75) is 80.1 Å². The first kappa shape index (κ1) is 20.5.